The number of hydrogen-bond donors (Lipinski definition) is 1. The number of carbonyl (C=O) groups is 1. The molecule has 7 heteroatoms. The summed E-state index contributed by atoms with van der Waals surface area (Å²) in [6.07, 6.45) is 0. The quantitative estimate of drug-likeness (QED) is 0.925. The maximum Gasteiger partial charge on any atom is 0.375 e. The number of aromatic nitrogens is 3. The Morgan fingerprint density at radius 2 is 2.05 bits per heavy atom. The van der Waals surface area contributed by atoms with E-state index in [4.69, 9.17) is 16.7 Å². The zero-order valence-corrected chi connectivity index (χ0v) is 11.9. The first-order valence-electron chi connectivity index (χ1n) is 5.86. The maximum atomic E-state index is 13.1. The van der Waals surface area contributed by atoms with Crippen LogP contribution in [-0.2, 0) is 5.41 Å². The van der Waals surface area contributed by atoms with Crippen LogP contribution in [0.25, 0.3) is 5.69 Å². The van der Waals surface area contributed by atoms with Crippen LogP contribution in [0.1, 0.15) is 37.2 Å². The molecule has 5 nitrogen and oxygen atoms in total. The van der Waals surface area contributed by atoms with E-state index in [1.54, 1.807) is 0 Å². The molecule has 0 bridgehead atoms. The minimum absolute atomic E-state index is 0.136. The normalized spacial score (nSPS) is 11.7. The van der Waals surface area contributed by atoms with E-state index in [1.807, 2.05) is 20.8 Å². The molecule has 1 heterocycles. The fourth-order valence-electron chi connectivity index (χ4n) is 1.71. The van der Waals surface area contributed by atoms with Crippen molar-refractivity contribution in [3.63, 3.8) is 0 Å². The van der Waals surface area contributed by atoms with Gasteiger partial charge in [-0.3, -0.25) is 0 Å². The molecule has 20 heavy (non-hydrogen) atoms. The Kier molecular flexibility index (Phi) is 3.52. The second kappa shape index (κ2) is 4.86. The molecule has 0 saturated heterocycles. The molecule has 0 saturated carbocycles. The van der Waals surface area contributed by atoms with Gasteiger partial charge in [0.2, 0.25) is 0 Å². The topological polar surface area (TPSA) is 68.0 Å². The monoisotopic (exact) mass is 297 g/mol. The molecule has 2 aromatic rings. The third-order valence-corrected chi connectivity index (χ3v) is 2.91. The third kappa shape index (κ3) is 2.65. The SMILES string of the molecule is CC(C)(C)c1nc(C(=O)O)nn1-c1ccc(F)cc1Cl. The van der Waals surface area contributed by atoms with Gasteiger partial charge in [-0.2, -0.15) is 0 Å². The van der Waals surface area contributed by atoms with Gasteiger partial charge in [-0.1, -0.05) is 32.4 Å². The van der Waals surface area contributed by atoms with Gasteiger partial charge in [0.1, 0.15) is 11.6 Å². The summed E-state index contributed by atoms with van der Waals surface area (Å²) in [7, 11) is 0. The predicted molar refractivity (Wildman–Crippen MR) is 72.0 cm³/mol. The van der Waals surface area contributed by atoms with Crippen LogP contribution < -0.4 is 0 Å². The number of aromatic carboxylic acids is 1. The summed E-state index contributed by atoms with van der Waals surface area (Å²) in [5.41, 5.74) is -0.0590. The maximum absolute atomic E-state index is 13.1. The number of hydrogen-bond acceptors (Lipinski definition) is 3. The van der Waals surface area contributed by atoms with E-state index in [0.717, 1.165) is 6.07 Å². The van der Waals surface area contributed by atoms with Gasteiger partial charge in [0, 0.05) is 5.41 Å². The summed E-state index contributed by atoms with van der Waals surface area (Å²) in [6, 6.07) is 3.81. The highest BCUT2D eigenvalue weighted by Crippen LogP contribution is 2.27. The predicted octanol–water partition coefficient (Wildman–Crippen LogP) is 3.06. The molecule has 0 aliphatic carbocycles. The van der Waals surface area contributed by atoms with Gasteiger partial charge in [-0.05, 0) is 18.2 Å². The van der Waals surface area contributed by atoms with E-state index in [1.165, 1.54) is 16.8 Å². The Balaban J connectivity index is 2.69. The second-order valence-electron chi connectivity index (χ2n) is 5.32. The number of rotatable bonds is 2. The van der Waals surface area contributed by atoms with Crippen LogP contribution in [-0.4, -0.2) is 25.8 Å². The molecule has 0 radical (unpaired) electrons. The highest BCUT2D eigenvalue weighted by molar-refractivity contribution is 6.32. The first-order chi connectivity index (χ1) is 9.20. The molecule has 1 aromatic carbocycles. The van der Waals surface area contributed by atoms with E-state index < -0.39 is 17.2 Å². The van der Waals surface area contributed by atoms with Crippen LogP contribution in [0.2, 0.25) is 5.02 Å². The lowest BCUT2D eigenvalue weighted by molar-refractivity contribution is 0.0683. The summed E-state index contributed by atoms with van der Waals surface area (Å²) in [6.45, 7) is 5.61. The minimum Gasteiger partial charge on any atom is -0.475 e. The van der Waals surface area contributed by atoms with Crippen molar-refractivity contribution in [2.24, 2.45) is 0 Å². The number of carboxylic acid groups (broad SMARTS) is 1. The molecule has 0 aliphatic heterocycles. The van der Waals surface area contributed by atoms with Crippen LogP contribution in [0, 0.1) is 5.82 Å². The lowest BCUT2D eigenvalue weighted by atomic mass is 9.95. The van der Waals surface area contributed by atoms with Crippen molar-refractivity contribution in [3.05, 3.63) is 40.7 Å². The number of benzene rings is 1. The lowest BCUT2D eigenvalue weighted by Gasteiger charge is -2.18. The van der Waals surface area contributed by atoms with Crippen LogP contribution >= 0.6 is 11.6 Å². The van der Waals surface area contributed by atoms with Crippen molar-refractivity contribution in [1.82, 2.24) is 14.8 Å². The number of carboxylic acids is 1. The van der Waals surface area contributed by atoms with Crippen molar-refractivity contribution in [1.29, 1.82) is 0 Å². The van der Waals surface area contributed by atoms with Crippen LogP contribution in [0.15, 0.2) is 18.2 Å². The molecule has 0 unspecified atom stereocenters. The van der Waals surface area contributed by atoms with Gasteiger partial charge in [-0.15, -0.1) is 5.10 Å². The van der Waals surface area contributed by atoms with Crippen LogP contribution in [0.5, 0.6) is 0 Å². The van der Waals surface area contributed by atoms with E-state index >= 15 is 0 Å². The van der Waals surface area contributed by atoms with Gasteiger partial charge in [-0.25, -0.2) is 18.9 Å². The Morgan fingerprint density at radius 1 is 1.40 bits per heavy atom. The Labute approximate surface area is 120 Å². The molecular formula is C13H13ClFN3O2. The molecule has 0 fully saturated rings. The average Bonchev–Trinajstić information content (AvgIpc) is 2.73. The van der Waals surface area contributed by atoms with Crippen molar-refractivity contribution < 1.29 is 14.3 Å². The summed E-state index contributed by atoms with van der Waals surface area (Å²) in [4.78, 5) is 15.1. The molecule has 106 valence electrons. The molecule has 2 rings (SSSR count). The molecule has 1 aromatic heterocycles. The van der Waals surface area contributed by atoms with E-state index in [0.29, 0.717) is 11.5 Å². The summed E-state index contributed by atoms with van der Waals surface area (Å²) >= 11 is 6.00. The van der Waals surface area contributed by atoms with Gasteiger partial charge < -0.3 is 5.11 Å². The second-order valence-corrected chi connectivity index (χ2v) is 5.73. The van der Waals surface area contributed by atoms with E-state index in [9.17, 15) is 9.18 Å². The van der Waals surface area contributed by atoms with Gasteiger partial charge in [0.05, 0.1) is 10.7 Å². The van der Waals surface area contributed by atoms with Gasteiger partial charge in [0.25, 0.3) is 5.82 Å². The molecular weight excluding hydrogens is 285 g/mol. The van der Waals surface area contributed by atoms with Crippen LogP contribution in [0.3, 0.4) is 0 Å². The fraction of sp³-hybridized carbons (Fsp3) is 0.308. The first kappa shape index (κ1) is 14.5. The summed E-state index contributed by atoms with van der Waals surface area (Å²) in [5.74, 6) is -1.60. The minimum atomic E-state index is -1.23. The van der Waals surface area contributed by atoms with Crippen molar-refractivity contribution >= 4 is 17.6 Å². The van der Waals surface area contributed by atoms with Gasteiger partial charge in [0.15, 0.2) is 0 Å². The zero-order valence-electron chi connectivity index (χ0n) is 11.2. The highest BCUT2D eigenvalue weighted by atomic mass is 35.5. The third-order valence-electron chi connectivity index (χ3n) is 2.61. The largest absolute Gasteiger partial charge is 0.475 e. The summed E-state index contributed by atoms with van der Waals surface area (Å²) < 4.78 is 14.4. The molecule has 0 spiro atoms. The smallest absolute Gasteiger partial charge is 0.375 e. The molecule has 0 aliphatic rings. The molecule has 0 amide bonds. The van der Waals surface area contributed by atoms with Crippen molar-refractivity contribution in [3.8, 4) is 5.69 Å². The van der Waals surface area contributed by atoms with E-state index in [2.05, 4.69) is 10.1 Å². The molecule has 0 atom stereocenters. The Hall–Kier alpha value is -1.95. The first-order valence-corrected chi connectivity index (χ1v) is 6.24. The fourth-order valence-corrected chi connectivity index (χ4v) is 1.96. The van der Waals surface area contributed by atoms with Crippen molar-refractivity contribution in [2.45, 2.75) is 26.2 Å². The highest BCUT2D eigenvalue weighted by Gasteiger charge is 2.26. The van der Waals surface area contributed by atoms with Crippen molar-refractivity contribution in [2.75, 3.05) is 0 Å². The molecule has 1 N–H and O–H groups in total. The Morgan fingerprint density at radius 3 is 2.55 bits per heavy atom. The zero-order chi connectivity index (χ0) is 15.1. The number of nitrogens with zero attached hydrogens (tertiary/aromatic N) is 3. The Bertz CT molecular complexity index is 677. The van der Waals surface area contributed by atoms with Gasteiger partial charge >= 0.3 is 5.97 Å². The summed E-state index contributed by atoms with van der Waals surface area (Å²) in [5, 5.41) is 13.1. The lowest BCUT2D eigenvalue weighted by Crippen LogP contribution is -2.19. The standard InChI is InChI=1S/C13H13ClFN3O2/c1-13(2,3)12-16-10(11(19)20)17-18(12)9-5-4-7(15)6-8(9)14/h4-6H,1-3H3,(H,19,20). The van der Waals surface area contributed by atoms with E-state index in [-0.39, 0.29) is 10.8 Å². The van der Waals surface area contributed by atoms with Crippen LogP contribution in [0.4, 0.5) is 4.39 Å². The average molecular weight is 298 g/mol. The number of halogens is 2.